The standard InChI is InChI=1S/C20H19IN2O3/c21-16-6-3-5-14(12-16)19(24)22-10-8-17(9-11-22)23-18-7-2-1-4-15(18)13-26-20(23)25/h1-7,12,17H,8-11,13H2. The molecule has 0 atom stereocenters. The Balaban J connectivity index is 1.47. The van der Waals surface area contributed by atoms with E-state index in [0.717, 1.165) is 33.2 Å². The molecule has 0 N–H and O–H groups in total. The van der Waals surface area contributed by atoms with Gasteiger partial charge in [0.2, 0.25) is 0 Å². The van der Waals surface area contributed by atoms with Crippen LogP contribution in [0.3, 0.4) is 0 Å². The molecule has 0 bridgehead atoms. The fourth-order valence-corrected chi connectivity index (χ4v) is 4.20. The molecule has 2 heterocycles. The van der Waals surface area contributed by atoms with E-state index < -0.39 is 0 Å². The third-order valence-electron chi connectivity index (χ3n) is 4.99. The number of amides is 2. The van der Waals surface area contributed by atoms with Crippen molar-refractivity contribution in [3.63, 3.8) is 0 Å². The van der Waals surface area contributed by atoms with Crippen LogP contribution in [0, 0.1) is 3.57 Å². The Kier molecular flexibility index (Phi) is 4.84. The van der Waals surface area contributed by atoms with Crippen molar-refractivity contribution < 1.29 is 14.3 Å². The number of fused-ring (bicyclic) bond motifs is 1. The number of para-hydroxylation sites is 1. The Morgan fingerprint density at radius 1 is 1.08 bits per heavy atom. The molecule has 4 rings (SSSR count). The molecule has 0 saturated carbocycles. The van der Waals surface area contributed by atoms with Crippen molar-refractivity contribution >= 4 is 40.3 Å². The molecule has 0 aromatic heterocycles. The van der Waals surface area contributed by atoms with E-state index in [9.17, 15) is 9.59 Å². The third-order valence-corrected chi connectivity index (χ3v) is 5.66. The fraction of sp³-hybridized carbons (Fsp3) is 0.300. The smallest absolute Gasteiger partial charge is 0.414 e. The highest BCUT2D eigenvalue weighted by atomic mass is 127. The number of rotatable bonds is 2. The van der Waals surface area contributed by atoms with Crippen molar-refractivity contribution in [3.8, 4) is 0 Å². The van der Waals surface area contributed by atoms with Crippen LogP contribution in [0.5, 0.6) is 0 Å². The first kappa shape index (κ1) is 17.3. The summed E-state index contributed by atoms with van der Waals surface area (Å²) in [6, 6.07) is 15.6. The lowest BCUT2D eigenvalue weighted by molar-refractivity contribution is 0.0708. The van der Waals surface area contributed by atoms with Gasteiger partial charge in [0.05, 0.1) is 5.69 Å². The van der Waals surface area contributed by atoms with Crippen molar-refractivity contribution in [1.29, 1.82) is 0 Å². The molecule has 2 aromatic carbocycles. The fourth-order valence-electron chi connectivity index (χ4n) is 3.65. The summed E-state index contributed by atoms with van der Waals surface area (Å²) in [4.78, 5) is 28.7. The second-order valence-corrected chi connectivity index (χ2v) is 7.83. The summed E-state index contributed by atoms with van der Waals surface area (Å²) in [6.45, 7) is 1.61. The zero-order valence-electron chi connectivity index (χ0n) is 14.2. The number of likely N-dealkylation sites (tertiary alicyclic amines) is 1. The summed E-state index contributed by atoms with van der Waals surface area (Å²) in [7, 11) is 0. The van der Waals surface area contributed by atoms with E-state index in [2.05, 4.69) is 22.6 Å². The van der Waals surface area contributed by atoms with Crippen LogP contribution >= 0.6 is 22.6 Å². The van der Waals surface area contributed by atoms with Gasteiger partial charge in [-0.15, -0.1) is 0 Å². The maximum absolute atomic E-state index is 12.7. The first-order valence-corrected chi connectivity index (χ1v) is 9.80. The van der Waals surface area contributed by atoms with Crippen LogP contribution in [0.4, 0.5) is 10.5 Å². The van der Waals surface area contributed by atoms with Gasteiger partial charge in [-0.1, -0.05) is 24.3 Å². The number of piperidine rings is 1. The van der Waals surface area contributed by atoms with Crippen molar-refractivity contribution in [1.82, 2.24) is 4.90 Å². The van der Waals surface area contributed by atoms with E-state index >= 15 is 0 Å². The summed E-state index contributed by atoms with van der Waals surface area (Å²) in [5, 5.41) is 0. The van der Waals surface area contributed by atoms with Crippen LogP contribution in [0.2, 0.25) is 0 Å². The minimum Gasteiger partial charge on any atom is -0.444 e. The molecule has 0 aliphatic carbocycles. The first-order valence-electron chi connectivity index (χ1n) is 8.72. The molecule has 2 amide bonds. The van der Waals surface area contributed by atoms with Crippen LogP contribution < -0.4 is 4.90 Å². The average Bonchev–Trinajstić information content (AvgIpc) is 2.67. The predicted molar refractivity (Wildman–Crippen MR) is 107 cm³/mol. The van der Waals surface area contributed by atoms with E-state index in [1.165, 1.54) is 0 Å². The lowest BCUT2D eigenvalue weighted by Crippen LogP contribution is -2.50. The molecule has 1 fully saturated rings. The van der Waals surface area contributed by atoms with Crippen LogP contribution in [-0.2, 0) is 11.3 Å². The van der Waals surface area contributed by atoms with Gasteiger partial charge in [-0.25, -0.2) is 4.79 Å². The highest BCUT2D eigenvalue weighted by Gasteiger charge is 2.35. The van der Waals surface area contributed by atoms with Gasteiger partial charge >= 0.3 is 6.09 Å². The Morgan fingerprint density at radius 2 is 1.85 bits per heavy atom. The summed E-state index contributed by atoms with van der Waals surface area (Å²) in [5.74, 6) is 0.0589. The van der Waals surface area contributed by atoms with Gasteiger partial charge in [0.25, 0.3) is 5.91 Å². The molecule has 2 aliphatic heterocycles. The minimum atomic E-state index is -0.286. The maximum Gasteiger partial charge on any atom is 0.414 e. The molecule has 0 spiro atoms. The van der Waals surface area contributed by atoms with Crippen LogP contribution in [0.1, 0.15) is 28.8 Å². The van der Waals surface area contributed by atoms with Gasteiger partial charge in [-0.2, -0.15) is 0 Å². The zero-order valence-corrected chi connectivity index (χ0v) is 16.4. The highest BCUT2D eigenvalue weighted by molar-refractivity contribution is 14.1. The largest absolute Gasteiger partial charge is 0.444 e. The SMILES string of the molecule is O=C(c1cccc(I)c1)N1CCC(N2C(=O)OCc3ccccc32)CC1. The molecule has 5 nitrogen and oxygen atoms in total. The topological polar surface area (TPSA) is 49.9 Å². The van der Waals surface area contributed by atoms with Crippen LogP contribution in [0.25, 0.3) is 0 Å². The molecule has 0 radical (unpaired) electrons. The number of hydrogen-bond acceptors (Lipinski definition) is 3. The van der Waals surface area contributed by atoms with Crippen LogP contribution in [0.15, 0.2) is 48.5 Å². The Labute approximate surface area is 166 Å². The quantitative estimate of drug-likeness (QED) is 0.633. The molecule has 2 aliphatic rings. The molecule has 0 unspecified atom stereocenters. The molecular weight excluding hydrogens is 443 g/mol. The van der Waals surface area contributed by atoms with E-state index in [1.54, 1.807) is 4.90 Å². The van der Waals surface area contributed by atoms with E-state index in [1.807, 2.05) is 53.4 Å². The van der Waals surface area contributed by atoms with Crippen molar-refractivity contribution in [3.05, 3.63) is 63.2 Å². The molecule has 26 heavy (non-hydrogen) atoms. The van der Waals surface area contributed by atoms with E-state index in [4.69, 9.17) is 4.74 Å². The number of anilines is 1. The summed E-state index contributed by atoms with van der Waals surface area (Å²) < 4.78 is 6.38. The molecule has 6 heteroatoms. The Morgan fingerprint density at radius 3 is 2.62 bits per heavy atom. The number of halogens is 1. The predicted octanol–water partition coefficient (Wildman–Crippen LogP) is 4.05. The lowest BCUT2D eigenvalue weighted by atomic mass is 10.00. The average molecular weight is 462 g/mol. The van der Waals surface area contributed by atoms with Gasteiger partial charge < -0.3 is 9.64 Å². The summed E-state index contributed by atoms with van der Waals surface area (Å²) in [5.41, 5.74) is 2.69. The Bertz CT molecular complexity index is 846. The van der Waals surface area contributed by atoms with Crippen molar-refractivity contribution in [2.75, 3.05) is 18.0 Å². The van der Waals surface area contributed by atoms with Crippen molar-refractivity contribution in [2.45, 2.75) is 25.5 Å². The zero-order chi connectivity index (χ0) is 18.1. The number of nitrogens with zero attached hydrogens (tertiary/aromatic N) is 2. The molecule has 134 valence electrons. The third kappa shape index (κ3) is 3.30. The number of cyclic esters (lactones) is 1. The number of carbonyl (C=O) groups is 2. The van der Waals surface area contributed by atoms with Gasteiger partial charge in [-0.3, -0.25) is 9.69 Å². The second-order valence-electron chi connectivity index (χ2n) is 6.59. The van der Waals surface area contributed by atoms with E-state index in [-0.39, 0.29) is 18.0 Å². The van der Waals surface area contributed by atoms with Crippen LogP contribution in [-0.4, -0.2) is 36.0 Å². The first-order chi connectivity index (χ1) is 12.6. The highest BCUT2D eigenvalue weighted by Crippen LogP contribution is 2.32. The monoisotopic (exact) mass is 462 g/mol. The second kappa shape index (κ2) is 7.26. The number of hydrogen-bond donors (Lipinski definition) is 0. The van der Waals surface area contributed by atoms with Crippen molar-refractivity contribution in [2.24, 2.45) is 0 Å². The number of benzene rings is 2. The van der Waals surface area contributed by atoms with Gasteiger partial charge in [0.1, 0.15) is 6.61 Å². The molecule has 1 saturated heterocycles. The van der Waals surface area contributed by atoms with Gasteiger partial charge in [-0.05, 0) is 59.7 Å². The number of carbonyl (C=O) groups excluding carboxylic acids is 2. The lowest BCUT2D eigenvalue weighted by Gasteiger charge is -2.40. The van der Waals surface area contributed by atoms with Gasteiger partial charge in [0, 0.05) is 33.8 Å². The Hall–Kier alpha value is -2.09. The maximum atomic E-state index is 12.7. The van der Waals surface area contributed by atoms with Gasteiger partial charge in [0.15, 0.2) is 0 Å². The summed E-state index contributed by atoms with van der Waals surface area (Å²) in [6.07, 6.45) is 1.21. The summed E-state index contributed by atoms with van der Waals surface area (Å²) >= 11 is 2.22. The number of ether oxygens (including phenoxy) is 1. The molecule has 2 aromatic rings. The normalized spacial score (nSPS) is 17.7. The minimum absolute atomic E-state index is 0.0589. The van der Waals surface area contributed by atoms with E-state index in [0.29, 0.717) is 19.7 Å². The molecular formula is C20H19IN2O3.